The third-order valence-electron chi connectivity index (χ3n) is 4.22. The number of ether oxygens (including phenoxy) is 1. The zero-order valence-corrected chi connectivity index (χ0v) is 16.1. The summed E-state index contributed by atoms with van der Waals surface area (Å²) in [7, 11) is -1.43. The first-order chi connectivity index (χ1) is 12.4. The van der Waals surface area contributed by atoms with Crippen LogP contribution in [0.15, 0.2) is 24.4 Å². The highest BCUT2D eigenvalue weighted by Gasteiger charge is 2.33. The van der Waals surface area contributed by atoms with Crippen molar-refractivity contribution in [2.24, 2.45) is 0 Å². The molecule has 140 valence electrons. The lowest BCUT2D eigenvalue weighted by Gasteiger charge is -2.26. The van der Waals surface area contributed by atoms with Gasteiger partial charge >= 0.3 is 0 Å². The summed E-state index contributed by atoms with van der Waals surface area (Å²) in [5.74, 6) is 1.78. The second kappa shape index (κ2) is 7.63. The molecule has 0 radical (unpaired) electrons. The predicted molar refractivity (Wildman–Crippen MR) is 101 cm³/mol. The highest BCUT2D eigenvalue weighted by Crippen LogP contribution is 2.30. The average molecular weight is 398 g/mol. The van der Waals surface area contributed by atoms with Crippen LogP contribution < -0.4 is 15.0 Å². The number of hydrogen-bond acceptors (Lipinski definition) is 8. The lowest BCUT2D eigenvalue weighted by atomic mass is 10.2. The molecule has 10 heteroatoms. The van der Waals surface area contributed by atoms with E-state index in [2.05, 4.69) is 20.5 Å². The summed E-state index contributed by atoms with van der Waals surface area (Å²) in [6, 6.07) is 5.07. The van der Waals surface area contributed by atoms with Crippen LogP contribution in [0, 0.1) is 0 Å². The highest BCUT2D eigenvalue weighted by atomic mass is 35.5. The van der Waals surface area contributed by atoms with Gasteiger partial charge in [-0.2, -0.15) is 10.1 Å². The summed E-state index contributed by atoms with van der Waals surface area (Å²) in [5, 5.41) is 11.8. The molecule has 2 heterocycles. The molecular formula is C16H20ClN5O3S. The molecule has 1 aliphatic rings. The molecule has 26 heavy (non-hydrogen) atoms. The largest absolute Gasteiger partial charge is 0.495 e. The van der Waals surface area contributed by atoms with E-state index in [-0.39, 0.29) is 17.5 Å². The number of methoxy groups -OCH3 is 1. The van der Waals surface area contributed by atoms with Crippen LogP contribution in [0.2, 0.25) is 5.02 Å². The van der Waals surface area contributed by atoms with Gasteiger partial charge in [-0.15, -0.1) is 5.10 Å². The van der Waals surface area contributed by atoms with Crippen LogP contribution in [-0.2, 0) is 9.84 Å². The van der Waals surface area contributed by atoms with Gasteiger partial charge in [0.05, 0.1) is 30.5 Å². The first kappa shape index (κ1) is 18.7. The molecule has 1 aromatic carbocycles. The molecule has 1 N–H and O–H groups in total. The molecule has 1 aromatic heterocycles. The molecule has 2 aromatic rings. The summed E-state index contributed by atoms with van der Waals surface area (Å²) in [5.41, 5.74) is 0.651. The Hall–Kier alpha value is -2.13. The van der Waals surface area contributed by atoms with Crippen molar-refractivity contribution >= 4 is 38.9 Å². The van der Waals surface area contributed by atoms with Crippen molar-refractivity contribution in [1.29, 1.82) is 0 Å². The molecule has 3 rings (SSSR count). The van der Waals surface area contributed by atoms with Crippen molar-refractivity contribution in [2.75, 3.05) is 35.4 Å². The molecule has 0 spiro atoms. The van der Waals surface area contributed by atoms with Crippen LogP contribution in [0.5, 0.6) is 5.75 Å². The van der Waals surface area contributed by atoms with Gasteiger partial charge in [-0.1, -0.05) is 11.6 Å². The minimum atomic E-state index is -3.00. The van der Waals surface area contributed by atoms with Crippen molar-refractivity contribution < 1.29 is 13.2 Å². The van der Waals surface area contributed by atoms with Crippen LogP contribution in [0.3, 0.4) is 0 Å². The van der Waals surface area contributed by atoms with E-state index in [1.165, 1.54) is 6.20 Å². The fourth-order valence-electron chi connectivity index (χ4n) is 2.98. The van der Waals surface area contributed by atoms with E-state index < -0.39 is 9.84 Å². The molecule has 1 aliphatic heterocycles. The number of benzene rings is 1. The molecule has 0 aliphatic carbocycles. The number of nitrogens with zero attached hydrogens (tertiary/aromatic N) is 4. The molecule has 8 nitrogen and oxygen atoms in total. The summed E-state index contributed by atoms with van der Waals surface area (Å²) < 4.78 is 28.9. The van der Waals surface area contributed by atoms with Gasteiger partial charge in [-0.05, 0) is 31.5 Å². The molecule has 0 bridgehead atoms. The molecule has 0 saturated carbocycles. The number of nitrogens with one attached hydrogen (secondary N) is 1. The van der Waals surface area contributed by atoms with Gasteiger partial charge in [0.2, 0.25) is 5.95 Å². The Morgan fingerprint density at radius 2 is 2.23 bits per heavy atom. The first-order valence-corrected chi connectivity index (χ1v) is 10.4. The third kappa shape index (κ3) is 4.16. The zero-order chi connectivity index (χ0) is 18.7. The third-order valence-corrected chi connectivity index (χ3v) is 6.20. The predicted octanol–water partition coefficient (Wildman–Crippen LogP) is 2.29. The molecular weight excluding hydrogens is 378 g/mol. The van der Waals surface area contributed by atoms with Gasteiger partial charge in [0.15, 0.2) is 15.7 Å². The number of anilines is 3. The van der Waals surface area contributed by atoms with Crippen LogP contribution in [0.1, 0.15) is 13.3 Å². The molecule has 1 atom stereocenters. The van der Waals surface area contributed by atoms with E-state index in [1.54, 1.807) is 25.3 Å². The fourth-order valence-corrected chi connectivity index (χ4v) is 4.88. The average Bonchev–Trinajstić information content (AvgIpc) is 2.96. The molecule has 0 amide bonds. The van der Waals surface area contributed by atoms with E-state index in [1.807, 2.05) is 11.8 Å². The Balaban J connectivity index is 1.85. The second-order valence-corrected chi connectivity index (χ2v) is 8.62. The Kier molecular flexibility index (Phi) is 5.47. The topological polar surface area (TPSA) is 97.3 Å². The van der Waals surface area contributed by atoms with Gasteiger partial charge in [0, 0.05) is 17.6 Å². The van der Waals surface area contributed by atoms with Gasteiger partial charge in [0.25, 0.3) is 0 Å². The van der Waals surface area contributed by atoms with Crippen molar-refractivity contribution in [2.45, 2.75) is 19.4 Å². The summed E-state index contributed by atoms with van der Waals surface area (Å²) >= 11 is 6.05. The summed E-state index contributed by atoms with van der Waals surface area (Å²) in [6.45, 7) is 2.53. The Morgan fingerprint density at radius 1 is 1.42 bits per heavy atom. The monoisotopic (exact) mass is 397 g/mol. The van der Waals surface area contributed by atoms with E-state index >= 15 is 0 Å². The van der Waals surface area contributed by atoms with Crippen LogP contribution in [0.4, 0.5) is 17.5 Å². The van der Waals surface area contributed by atoms with E-state index in [9.17, 15) is 8.42 Å². The number of sulfone groups is 1. The van der Waals surface area contributed by atoms with Crippen LogP contribution in [0.25, 0.3) is 0 Å². The van der Waals surface area contributed by atoms with Crippen LogP contribution in [-0.4, -0.2) is 54.8 Å². The van der Waals surface area contributed by atoms with Gasteiger partial charge < -0.3 is 15.0 Å². The molecule has 1 unspecified atom stereocenters. The van der Waals surface area contributed by atoms with Crippen LogP contribution >= 0.6 is 11.6 Å². The van der Waals surface area contributed by atoms with Crippen molar-refractivity contribution in [3.8, 4) is 5.75 Å². The van der Waals surface area contributed by atoms with Gasteiger partial charge in [0.1, 0.15) is 5.75 Å². The number of hydrogen-bond donors (Lipinski definition) is 1. The van der Waals surface area contributed by atoms with E-state index in [0.29, 0.717) is 41.2 Å². The minimum Gasteiger partial charge on any atom is -0.495 e. The van der Waals surface area contributed by atoms with Gasteiger partial charge in [-0.3, -0.25) is 0 Å². The lowest BCUT2D eigenvalue weighted by Crippen LogP contribution is -2.37. The Bertz CT molecular complexity index is 893. The smallest absolute Gasteiger partial charge is 0.247 e. The number of halogens is 1. The normalized spacial score (nSPS) is 18.5. The zero-order valence-electron chi connectivity index (χ0n) is 14.5. The maximum Gasteiger partial charge on any atom is 0.247 e. The summed E-state index contributed by atoms with van der Waals surface area (Å²) in [4.78, 5) is 6.36. The van der Waals surface area contributed by atoms with E-state index in [0.717, 1.165) is 0 Å². The van der Waals surface area contributed by atoms with Crippen molar-refractivity contribution in [3.05, 3.63) is 29.4 Å². The Morgan fingerprint density at radius 3 is 2.88 bits per heavy atom. The maximum absolute atomic E-state index is 11.8. The summed E-state index contributed by atoms with van der Waals surface area (Å²) in [6.07, 6.45) is 2.06. The number of aromatic nitrogens is 3. The van der Waals surface area contributed by atoms with Gasteiger partial charge in [-0.25, -0.2) is 8.42 Å². The lowest BCUT2D eigenvalue weighted by molar-refractivity contribution is 0.417. The minimum absolute atomic E-state index is 0.115. The fraction of sp³-hybridized carbons (Fsp3) is 0.438. The number of rotatable bonds is 6. The maximum atomic E-state index is 11.8. The molecule has 1 saturated heterocycles. The van der Waals surface area contributed by atoms with E-state index in [4.69, 9.17) is 16.3 Å². The standard InChI is InChI=1S/C16H20ClN5O3S/c1-3-22(12-6-7-26(23,24)10-12)16-20-15(9-18-21-16)19-13-8-11(17)4-5-14(13)25-2/h4-5,8-9,12H,3,6-7,10H2,1-2H3,(H,19,20,21). The molecule has 1 fully saturated rings. The second-order valence-electron chi connectivity index (χ2n) is 5.95. The first-order valence-electron chi connectivity index (χ1n) is 8.19. The SMILES string of the molecule is CCN(c1nncc(Nc2cc(Cl)ccc2OC)n1)C1CCS(=O)(=O)C1. The quantitative estimate of drug-likeness (QED) is 0.792. The van der Waals surface area contributed by atoms with Crippen molar-refractivity contribution in [3.63, 3.8) is 0 Å². The van der Waals surface area contributed by atoms with Crippen molar-refractivity contribution in [1.82, 2.24) is 15.2 Å². The highest BCUT2D eigenvalue weighted by molar-refractivity contribution is 7.91. The Labute approximate surface area is 157 Å².